The van der Waals surface area contributed by atoms with Gasteiger partial charge in [0.15, 0.2) is 0 Å². The van der Waals surface area contributed by atoms with Gasteiger partial charge < -0.3 is 10.1 Å². The average molecular weight is 285 g/mol. The molecule has 0 saturated carbocycles. The van der Waals surface area contributed by atoms with E-state index in [1.165, 1.54) is 13.2 Å². The molecule has 5 heteroatoms. The van der Waals surface area contributed by atoms with Crippen LogP contribution in [0.15, 0.2) is 18.2 Å². The monoisotopic (exact) mass is 285 g/mol. The van der Waals surface area contributed by atoms with E-state index in [9.17, 15) is 8.60 Å². The number of hydrogen-bond acceptors (Lipinski definition) is 3. The van der Waals surface area contributed by atoms with E-state index in [0.717, 1.165) is 24.3 Å². The van der Waals surface area contributed by atoms with Gasteiger partial charge in [0, 0.05) is 46.0 Å². The first-order chi connectivity index (χ1) is 9.10. The van der Waals surface area contributed by atoms with E-state index in [4.69, 9.17) is 4.74 Å². The van der Waals surface area contributed by atoms with E-state index in [-0.39, 0.29) is 11.9 Å². The van der Waals surface area contributed by atoms with Gasteiger partial charge >= 0.3 is 0 Å². The lowest BCUT2D eigenvalue weighted by atomic mass is 10.0. The van der Waals surface area contributed by atoms with Crippen LogP contribution in [0.3, 0.4) is 0 Å². The second-order valence-electron chi connectivity index (χ2n) is 4.90. The number of hydrogen-bond donors (Lipinski definition) is 1. The normalized spacial score (nSPS) is 25.0. The Hall–Kier alpha value is -0.940. The zero-order valence-electron chi connectivity index (χ0n) is 11.3. The Morgan fingerprint density at radius 1 is 1.42 bits per heavy atom. The van der Waals surface area contributed by atoms with Crippen LogP contribution in [0.5, 0.6) is 5.75 Å². The highest BCUT2D eigenvalue weighted by Gasteiger charge is 2.21. The summed E-state index contributed by atoms with van der Waals surface area (Å²) in [4.78, 5) is 0. The lowest BCUT2D eigenvalue weighted by molar-refractivity contribution is 0.402. The molecule has 0 radical (unpaired) electrons. The Labute approximate surface area is 116 Å². The van der Waals surface area contributed by atoms with Crippen molar-refractivity contribution in [3.05, 3.63) is 29.6 Å². The summed E-state index contributed by atoms with van der Waals surface area (Å²) in [5.41, 5.74) is 0.646. The second-order valence-corrected chi connectivity index (χ2v) is 6.59. The topological polar surface area (TPSA) is 38.3 Å². The fourth-order valence-corrected chi connectivity index (χ4v) is 3.69. The van der Waals surface area contributed by atoms with Gasteiger partial charge in [-0.25, -0.2) is 4.39 Å². The molecule has 3 nitrogen and oxygen atoms in total. The quantitative estimate of drug-likeness (QED) is 0.923. The maximum absolute atomic E-state index is 13.9. The van der Waals surface area contributed by atoms with E-state index in [2.05, 4.69) is 5.32 Å². The molecule has 1 saturated heterocycles. The Morgan fingerprint density at radius 2 is 2.11 bits per heavy atom. The second kappa shape index (κ2) is 6.48. The minimum absolute atomic E-state index is 0.0533. The summed E-state index contributed by atoms with van der Waals surface area (Å²) in [7, 11) is 0.866. The molecule has 0 spiro atoms. The Balaban J connectivity index is 1.99. The molecule has 1 atom stereocenters. The van der Waals surface area contributed by atoms with Gasteiger partial charge in [-0.3, -0.25) is 4.21 Å². The van der Waals surface area contributed by atoms with Crippen LogP contribution < -0.4 is 10.1 Å². The third-order valence-corrected chi connectivity index (χ3v) is 4.93. The molecule has 0 amide bonds. The fraction of sp³-hybridized carbons (Fsp3) is 0.571. The summed E-state index contributed by atoms with van der Waals surface area (Å²) >= 11 is 0. The highest BCUT2D eigenvalue weighted by atomic mass is 32.2. The van der Waals surface area contributed by atoms with E-state index < -0.39 is 10.8 Å². The van der Waals surface area contributed by atoms with E-state index >= 15 is 0 Å². The molecule has 0 aromatic heterocycles. The van der Waals surface area contributed by atoms with Crippen molar-refractivity contribution >= 4 is 10.8 Å². The van der Waals surface area contributed by atoms with E-state index in [1.54, 1.807) is 12.1 Å². The maximum Gasteiger partial charge on any atom is 0.131 e. The summed E-state index contributed by atoms with van der Waals surface area (Å²) in [5.74, 6) is 1.77. The van der Waals surface area contributed by atoms with Crippen LogP contribution in [0.25, 0.3) is 0 Å². The van der Waals surface area contributed by atoms with Crippen molar-refractivity contribution in [2.75, 3.05) is 18.6 Å². The van der Waals surface area contributed by atoms with Crippen LogP contribution in [0.4, 0.5) is 4.39 Å². The molecule has 1 heterocycles. The molecule has 2 rings (SSSR count). The molecular weight excluding hydrogens is 265 g/mol. The average Bonchev–Trinajstić information content (AvgIpc) is 2.41. The molecular formula is C14H20FNO2S. The molecule has 1 unspecified atom stereocenters. The lowest BCUT2D eigenvalue weighted by Crippen LogP contribution is -2.37. The van der Waals surface area contributed by atoms with Crippen LogP contribution in [-0.4, -0.2) is 28.9 Å². The summed E-state index contributed by atoms with van der Waals surface area (Å²) in [6.07, 6.45) is 1.80. The number of halogens is 1. The van der Waals surface area contributed by atoms with E-state index in [1.807, 2.05) is 6.92 Å². The Bertz CT molecular complexity index is 457. The number of benzene rings is 1. The number of rotatable bonds is 4. The lowest BCUT2D eigenvalue weighted by Gasteiger charge is -2.26. The van der Waals surface area contributed by atoms with Crippen molar-refractivity contribution in [1.82, 2.24) is 5.32 Å². The highest BCUT2D eigenvalue weighted by Crippen LogP contribution is 2.23. The molecule has 0 bridgehead atoms. The van der Waals surface area contributed by atoms with Crippen LogP contribution in [0, 0.1) is 5.82 Å². The van der Waals surface area contributed by atoms with Crippen LogP contribution in [-0.2, 0) is 10.8 Å². The summed E-state index contributed by atoms with van der Waals surface area (Å²) in [6, 6.07) is 5.21. The van der Waals surface area contributed by atoms with Crippen molar-refractivity contribution < 1.29 is 13.3 Å². The first-order valence-electron chi connectivity index (χ1n) is 6.54. The van der Waals surface area contributed by atoms with Crippen molar-refractivity contribution in [1.29, 1.82) is 0 Å². The zero-order valence-corrected chi connectivity index (χ0v) is 12.1. The first-order valence-corrected chi connectivity index (χ1v) is 8.03. The van der Waals surface area contributed by atoms with Crippen molar-refractivity contribution in [2.45, 2.75) is 31.8 Å². The minimum atomic E-state index is -0.660. The number of nitrogens with one attached hydrogen (secondary N) is 1. The van der Waals surface area contributed by atoms with Gasteiger partial charge in [-0.1, -0.05) is 6.07 Å². The molecule has 1 aromatic carbocycles. The van der Waals surface area contributed by atoms with Crippen molar-refractivity contribution in [3.8, 4) is 5.75 Å². The third kappa shape index (κ3) is 3.76. The van der Waals surface area contributed by atoms with E-state index in [0.29, 0.717) is 17.4 Å². The fourth-order valence-electron chi connectivity index (χ4n) is 2.39. The van der Waals surface area contributed by atoms with Gasteiger partial charge in [0.2, 0.25) is 0 Å². The third-order valence-electron chi connectivity index (χ3n) is 3.55. The molecule has 106 valence electrons. The SMILES string of the molecule is COc1ccc(C(C)NC2CCS(=O)CC2)c(F)c1. The first kappa shape index (κ1) is 14.5. The summed E-state index contributed by atoms with van der Waals surface area (Å²) in [6.45, 7) is 1.95. The predicted octanol–water partition coefficient (Wildman–Crippen LogP) is 2.40. The zero-order chi connectivity index (χ0) is 13.8. The highest BCUT2D eigenvalue weighted by molar-refractivity contribution is 7.85. The van der Waals surface area contributed by atoms with Crippen LogP contribution in [0.1, 0.15) is 31.4 Å². The molecule has 0 aliphatic carbocycles. The van der Waals surface area contributed by atoms with Crippen molar-refractivity contribution in [2.24, 2.45) is 0 Å². The number of ether oxygens (including phenoxy) is 1. The molecule has 1 aliphatic rings. The molecule has 1 aliphatic heterocycles. The largest absolute Gasteiger partial charge is 0.497 e. The van der Waals surface area contributed by atoms with Crippen LogP contribution in [0.2, 0.25) is 0 Å². The molecule has 1 fully saturated rings. The Morgan fingerprint density at radius 3 is 2.68 bits per heavy atom. The summed E-state index contributed by atoms with van der Waals surface area (Å²) in [5, 5.41) is 3.42. The van der Waals surface area contributed by atoms with Gasteiger partial charge in [0.05, 0.1) is 7.11 Å². The number of methoxy groups -OCH3 is 1. The molecule has 19 heavy (non-hydrogen) atoms. The molecule has 1 N–H and O–H groups in total. The standard InChI is InChI=1S/C14H20FNO2S/c1-10(16-11-5-7-19(17)8-6-11)13-4-3-12(18-2)9-14(13)15/h3-4,9-11,16H,5-8H2,1-2H3. The van der Waals surface area contributed by atoms with Gasteiger partial charge in [-0.05, 0) is 25.8 Å². The van der Waals surface area contributed by atoms with Gasteiger partial charge in [-0.15, -0.1) is 0 Å². The predicted molar refractivity (Wildman–Crippen MR) is 75.4 cm³/mol. The molecule has 1 aromatic rings. The van der Waals surface area contributed by atoms with Crippen LogP contribution >= 0.6 is 0 Å². The maximum atomic E-state index is 13.9. The van der Waals surface area contributed by atoms with Gasteiger partial charge in [-0.2, -0.15) is 0 Å². The Kier molecular flexibility index (Phi) is 4.93. The summed E-state index contributed by atoms with van der Waals surface area (Å²) < 4.78 is 30.2. The minimum Gasteiger partial charge on any atom is -0.497 e. The van der Waals surface area contributed by atoms with Gasteiger partial charge in [0.25, 0.3) is 0 Å². The van der Waals surface area contributed by atoms with Gasteiger partial charge in [0.1, 0.15) is 11.6 Å². The smallest absolute Gasteiger partial charge is 0.131 e. The van der Waals surface area contributed by atoms with Crippen molar-refractivity contribution in [3.63, 3.8) is 0 Å².